The molecule has 0 fully saturated rings. The largest absolute Gasteiger partial charge is 0.352 e. The van der Waals surface area contributed by atoms with Crippen LogP contribution in [0.4, 0.5) is 11.4 Å². The molecule has 0 saturated carbocycles. The number of benzene rings is 1. The summed E-state index contributed by atoms with van der Waals surface area (Å²) in [5.74, 6) is 0. The molecule has 0 unspecified atom stereocenters. The Morgan fingerprint density at radius 1 is 1.27 bits per heavy atom. The maximum absolute atomic E-state index is 4.63. The van der Waals surface area contributed by atoms with E-state index in [9.17, 15) is 0 Å². The van der Waals surface area contributed by atoms with E-state index in [2.05, 4.69) is 35.5 Å². The van der Waals surface area contributed by atoms with E-state index in [0.29, 0.717) is 0 Å². The van der Waals surface area contributed by atoms with Gasteiger partial charge < -0.3 is 5.32 Å². The van der Waals surface area contributed by atoms with Crippen LogP contribution in [-0.4, -0.2) is 5.71 Å². The molecule has 0 amide bonds. The highest BCUT2D eigenvalue weighted by atomic mass is 15.0. The number of hydrogen-bond acceptors (Lipinski definition) is 2. The Bertz CT molecular complexity index is 507. The predicted molar refractivity (Wildman–Crippen MR) is 63.6 cm³/mol. The first kappa shape index (κ1) is 8.48. The second kappa shape index (κ2) is 3.09. The molecule has 2 aliphatic rings. The van der Waals surface area contributed by atoms with E-state index in [4.69, 9.17) is 0 Å². The summed E-state index contributed by atoms with van der Waals surface area (Å²) in [5, 5.41) is 3.45. The quantitative estimate of drug-likeness (QED) is 0.675. The van der Waals surface area contributed by atoms with Crippen molar-refractivity contribution < 1.29 is 0 Å². The van der Waals surface area contributed by atoms with Crippen molar-refractivity contribution in [3.8, 4) is 0 Å². The normalized spacial score (nSPS) is 17.8. The van der Waals surface area contributed by atoms with Gasteiger partial charge in [-0.3, -0.25) is 0 Å². The van der Waals surface area contributed by atoms with E-state index in [0.717, 1.165) is 23.5 Å². The molecule has 0 spiro atoms. The lowest BCUT2D eigenvalue weighted by atomic mass is 10.00. The summed E-state index contributed by atoms with van der Waals surface area (Å²) in [6.07, 6.45) is 5.27. The molecule has 3 rings (SSSR count). The molecule has 2 nitrogen and oxygen atoms in total. The molecule has 0 aromatic heterocycles. The zero-order valence-corrected chi connectivity index (χ0v) is 8.62. The van der Waals surface area contributed by atoms with Crippen LogP contribution >= 0.6 is 0 Å². The molecule has 0 atom stereocenters. The van der Waals surface area contributed by atoms with Gasteiger partial charge in [-0.15, -0.1) is 0 Å². The number of aliphatic imine (C=N–C) groups is 1. The van der Waals surface area contributed by atoms with Crippen LogP contribution in [0.3, 0.4) is 0 Å². The lowest BCUT2D eigenvalue weighted by Gasteiger charge is -2.23. The van der Waals surface area contributed by atoms with Crippen molar-refractivity contribution in [2.24, 2.45) is 4.99 Å². The molecule has 2 heteroatoms. The second-order valence-corrected chi connectivity index (χ2v) is 3.90. The van der Waals surface area contributed by atoms with Crippen LogP contribution in [-0.2, 0) is 0 Å². The van der Waals surface area contributed by atoms with Gasteiger partial charge in [0, 0.05) is 0 Å². The molecule has 74 valence electrons. The third-order valence-corrected chi connectivity index (χ3v) is 2.79. The number of rotatable bonds is 0. The van der Waals surface area contributed by atoms with Crippen LogP contribution in [0, 0.1) is 0 Å². The fourth-order valence-electron chi connectivity index (χ4n) is 1.96. The smallest absolute Gasteiger partial charge is 0.0872 e. The second-order valence-electron chi connectivity index (χ2n) is 3.90. The van der Waals surface area contributed by atoms with Gasteiger partial charge in [0.2, 0.25) is 0 Å². The molecule has 1 aliphatic heterocycles. The SMILES string of the molecule is CC1=C2Nc3ccccc3N=C2C=CC1. The highest BCUT2D eigenvalue weighted by molar-refractivity contribution is 6.15. The number of para-hydroxylation sites is 2. The molecule has 15 heavy (non-hydrogen) atoms. The van der Waals surface area contributed by atoms with Crippen LogP contribution in [0.5, 0.6) is 0 Å². The predicted octanol–water partition coefficient (Wildman–Crippen LogP) is 3.42. The zero-order chi connectivity index (χ0) is 10.3. The van der Waals surface area contributed by atoms with Gasteiger partial charge >= 0.3 is 0 Å². The highest BCUT2D eigenvalue weighted by Crippen LogP contribution is 2.33. The maximum Gasteiger partial charge on any atom is 0.0872 e. The summed E-state index contributed by atoms with van der Waals surface area (Å²) in [4.78, 5) is 4.63. The molecule has 1 aromatic carbocycles. The number of hydrogen-bond donors (Lipinski definition) is 1. The van der Waals surface area contributed by atoms with E-state index in [-0.39, 0.29) is 0 Å². The summed E-state index contributed by atoms with van der Waals surface area (Å²) in [6, 6.07) is 8.14. The van der Waals surface area contributed by atoms with Gasteiger partial charge in [0.25, 0.3) is 0 Å². The van der Waals surface area contributed by atoms with Crippen molar-refractivity contribution in [1.82, 2.24) is 0 Å². The minimum absolute atomic E-state index is 1.02. The molecule has 1 heterocycles. The van der Waals surface area contributed by atoms with Gasteiger partial charge in [-0.2, -0.15) is 0 Å². The average Bonchev–Trinajstić information content (AvgIpc) is 2.27. The lowest BCUT2D eigenvalue weighted by molar-refractivity contribution is 1.15. The zero-order valence-electron chi connectivity index (χ0n) is 8.62. The van der Waals surface area contributed by atoms with Crippen LogP contribution in [0.1, 0.15) is 13.3 Å². The number of anilines is 1. The summed E-state index contributed by atoms with van der Waals surface area (Å²) in [7, 11) is 0. The third-order valence-electron chi connectivity index (χ3n) is 2.79. The molecule has 0 radical (unpaired) electrons. The van der Waals surface area contributed by atoms with Crippen molar-refractivity contribution in [2.75, 3.05) is 5.32 Å². The Labute approximate surface area is 89.0 Å². The van der Waals surface area contributed by atoms with Crippen molar-refractivity contribution in [3.63, 3.8) is 0 Å². The van der Waals surface area contributed by atoms with Crippen LogP contribution in [0.2, 0.25) is 0 Å². The average molecular weight is 196 g/mol. The van der Waals surface area contributed by atoms with E-state index in [1.807, 2.05) is 18.2 Å². The minimum Gasteiger partial charge on any atom is -0.352 e. The fraction of sp³-hybridized carbons (Fsp3) is 0.154. The number of nitrogens with zero attached hydrogens (tertiary/aromatic N) is 1. The third kappa shape index (κ3) is 1.30. The van der Waals surface area contributed by atoms with Crippen LogP contribution in [0.15, 0.2) is 52.7 Å². The van der Waals surface area contributed by atoms with Gasteiger partial charge in [0.1, 0.15) is 0 Å². The standard InChI is InChI=1S/C13H12N2/c1-9-5-4-8-12-13(9)15-11-7-3-2-6-10(11)14-12/h2-4,6-8,15H,5H2,1H3. The van der Waals surface area contributed by atoms with E-state index in [1.54, 1.807) is 0 Å². The van der Waals surface area contributed by atoms with E-state index < -0.39 is 0 Å². The first-order valence-electron chi connectivity index (χ1n) is 5.16. The molecule has 0 bridgehead atoms. The van der Waals surface area contributed by atoms with Crippen molar-refractivity contribution in [2.45, 2.75) is 13.3 Å². The summed E-state index contributed by atoms with van der Waals surface area (Å²) < 4.78 is 0. The molecule has 1 N–H and O–H groups in total. The lowest BCUT2D eigenvalue weighted by Crippen LogP contribution is -2.17. The Hall–Kier alpha value is -1.83. The summed E-state index contributed by atoms with van der Waals surface area (Å²) in [5.41, 5.74) is 5.71. The number of allylic oxidation sites excluding steroid dienone is 3. The first-order chi connectivity index (χ1) is 7.34. The Kier molecular flexibility index (Phi) is 1.75. The first-order valence-corrected chi connectivity index (χ1v) is 5.16. The molecular formula is C13H12N2. The molecule has 1 aliphatic carbocycles. The number of fused-ring (bicyclic) bond motifs is 2. The minimum atomic E-state index is 1.02. The van der Waals surface area contributed by atoms with Gasteiger partial charge in [0.05, 0.1) is 22.8 Å². The molecular weight excluding hydrogens is 184 g/mol. The number of nitrogens with one attached hydrogen (secondary N) is 1. The fourth-order valence-corrected chi connectivity index (χ4v) is 1.96. The summed E-state index contributed by atoms with van der Waals surface area (Å²) >= 11 is 0. The Balaban J connectivity index is 2.19. The van der Waals surface area contributed by atoms with Crippen molar-refractivity contribution >= 4 is 17.1 Å². The van der Waals surface area contributed by atoms with Gasteiger partial charge in [-0.25, -0.2) is 4.99 Å². The molecule has 0 saturated heterocycles. The van der Waals surface area contributed by atoms with E-state index >= 15 is 0 Å². The van der Waals surface area contributed by atoms with Crippen LogP contribution in [0.25, 0.3) is 0 Å². The highest BCUT2D eigenvalue weighted by Gasteiger charge is 2.17. The van der Waals surface area contributed by atoms with Gasteiger partial charge in [-0.05, 0) is 37.1 Å². The Morgan fingerprint density at radius 2 is 2.13 bits per heavy atom. The van der Waals surface area contributed by atoms with Crippen molar-refractivity contribution in [3.05, 3.63) is 47.7 Å². The van der Waals surface area contributed by atoms with Gasteiger partial charge in [-0.1, -0.05) is 18.2 Å². The summed E-state index contributed by atoms with van der Waals surface area (Å²) in [6.45, 7) is 2.15. The van der Waals surface area contributed by atoms with Crippen molar-refractivity contribution in [1.29, 1.82) is 0 Å². The van der Waals surface area contributed by atoms with Crippen LogP contribution < -0.4 is 5.32 Å². The monoisotopic (exact) mass is 196 g/mol. The maximum atomic E-state index is 4.63. The Morgan fingerprint density at radius 3 is 3.07 bits per heavy atom. The van der Waals surface area contributed by atoms with E-state index in [1.165, 1.54) is 11.3 Å². The topological polar surface area (TPSA) is 24.4 Å². The molecule has 1 aromatic rings. The van der Waals surface area contributed by atoms with Gasteiger partial charge in [0.15, 0.2) is 0 Å².